The molecule has 0 radical (unpaired) electrons. The number of ether oxygens (including phenoxy) is 1. The van der Waals surface area contributed by atoms with Crippen molar-refractivity contribution in [2.75, 3.05) is 63.1 Å². The molecule has 8 rings (SSSR count). The van der Waals surface area contributed by atoms with E-state index in [0.29, 0.717) is 98.3 Å². The molecular weight excluding hydrogens is 1070 g/mol. The van der Waals surface area contributed by atoms with Gasteiger partial charge in [0, 0.05) is 129 Å². The van der Waals surface area contributed by atoms with Gasteiger partial charge in [-0.15, -0.1) is 0 Å². The maximum atomic E-state index is 14.5. The normalized spacial score (nSPS) is 16.2. The standard InChI is InChI=1S/C60H69BrN8O10/c1-37(2)43(12-8-24-63-54(73)15-9-25-68-55(74)22-23-56(68)75)58(76)65-47(13-6-7-14-53(62)72)51(71)31-38-16-19-40(20-17-38)50(70)32-39-18-21-46-41(30-39)33-48(64-46)59(77)69-36-42(35-61)57-45-11-5-4-10-44(45)52(34-49(57)69)79-60(78)67-28-26-66(3)27-29-67/h4-5,10-11,16-23,30,33-34,37,42-43,47,64H,6-9,12-15,24-29,31-32,35-36H2,1-3H3,(H2,62,72)(H,63,73)(H,65,76)/t42-,43+,47+/m1/s1. The number of aromatic nitrogens is 1. The van der Waals surface area contributed by atoms with Gasteiger partial charge < -0.3 is 40.8 Å². The second kappa shape index (κ2) is 26.4. The van der Waals surface area contributed by atoms with Crippen LogP contribution in [0.5, 0.6) is 5.75 Å². The van der Waals surface area contributed by atoms with Gasteiger partial charge in [0.2, 0.25) is 17.7 Å². The third-order valence-corrected chi connectivity index (χ3v) is 15.9. The summed E-state index contributed by atoms with van der Waals surface area (Å²) in [6, 6.07) is 23.0. The van der Waals surface area contributed by atoms with Gasteiger partial charge in [0.25, 0.3) is 17.7 Å². The molecular formula is C60H69BrN8O10. The average molecular weight is 1140 g/mol. The molecule has 1 aromatic heterocycles. The summed E-state index contributed by atoms with van der Waals surface area (Å²) in [6.07, 6.45) is 4.90. The summed E-state index contributed by atoms with van der Waals surface area (Å²) >= 11 is 3.69. The number of primary amides is 1. The van der Waals surface area contributed by atoms with Crippen LogP contribution in [0.3, 0.4) is 0 Å². The van der Waals surface area contributed by atoms with Crippen molar-refractivity contribution in [1.82, 2.24) is 30.3 Å². The van der Waals surface area contributed by atoms with Crippen LogP contribution in [0.1, 0.15) is 109 Å². The molecule has 0 saturated carbocycles. The fourth-order valence-corrected chi connectivity index (χ4v) is 11.2. The van der Waals surface area contributed by atoms with Crippen LogP contribution in [-0.2, 0) is 41.6 Å². The van der Waals surface area contributed by atoms with E-state index >= 15 is 0 Å². The van der Waals surface area contributed by atoms with Gasteiger partial charge >= 0.3 is 6.09 Å². The highest BCUT2D eigenvalue weighted by Gasteiger charge is 2.36. The van der Waals surface area contributed by atoms with Crippen LogP contribution < -0.4 is 26.0 Å². The molecule has 1 saturated heterocycles. The Bertz CT molecular complexity index is 3140. The van der Waals surface area contributed by atoms with E-state index in [1.54, 1.807) is 40.1 Å². The molecule has 3 atom stereocenters. The molecule has 0 unspecified atom stereocenters. The number of ketones is 2. The number of nitrogens with zero attached hydrogens (tertiary/aromatic N) is 4. The zero-order valence-corrected chi connectivity index (χ0v) is 46.6. The van der Waals surface area contributed by atoms with Crippen LogP contribution in [0.15, 0.2) is 91.0 Å². The first-order chi connectivity index (χ1) is 38.0. The third kappa shape index (κ3) is 14.4. The highest BCUT2D eigenvalue weighted by atomic mass is 79.9. The second-order valence-corrected chi connectivity index (χ2v) is 21.9. The Balaban J connectivity index is 0.871. The van der Waals surface area contributed by atoms with Crippen molar-refractivity contribution in [3.05, 3.63) is 119 Å². The molecule has 0 bridgehead atoms. The highest BCUT2D eigenvalue weighted by molar-refractivity contribution is 9.09. The predicted molar refractivity (Wildman–Crippen MR) is 304 cm³/mol. The summed E-state index contributed by atoms with van der Waals surface area (Å²) in [7, 11) is 2.02. The quantitative estimate of drug-likeness (QED) is 0.0198. The van der Waals surface area contributed by atoms with Crippen molar-refractivity contribution >= 4 is 96.4 Å². The Morgan fingerprint density at radius 1 is 0.797 bits per heavy atom. The highest BCUT2D eigenvalue weighted by Crippen LogP contribution is 2.46. The summed E-state index contributed by atoms with van der Waals surface area (Å²) < 4.78 is 6.09. The van der Waals surface area contributed by atoms with Crippen molar-refractivity contribution in [1.29, 1.82) is 0 Å². The summed E-state index contributed by atoms with van der Waals surface area (Å²) in [5.41, 5.74) is 10.0. The minimum absolute atomic E-state index is 0.00266. The molecule has 4 aromatic carbocycles. The zero-order chi connectivity index (χ0) is 56.3. The summed E-state index contributed by atoms with van der Waals surface area (Å²) in [5.74, 6) is -2.47. The number of nitrogens with two attached hydrogens (primary N) is 1. The van der Waals surface area contributed by atoms with E-state index in [4.69, 9.17) is 10.5 Å². The molecule has 3 aliphatic heterocycles. The fraction of sp³-hybridized carbons (Fsp3) is 0.417. The number of piperazine rings is 1. The number of halogens is 1. The number of nitrogens with one attached hydrogen (secondary N) is 3. The van der Waals surface area contributed by atoms with Crippen molar-refractivity contribution in [3.8, 4) is 5.75 Å². The van der Waals surface area contributed by atoms with Crippen molar-refractivity contribution in [2.45, 2.75) is 90.0 Å². The van der Waals surface area contributed by atoms with Crippen LogP contribution in [0.4, 0.5) is 10.5 Å². The SMILES string of the molecule is CC(C)[C@H](CCCNC(=O)CCCN1C(=O)C=CC1=O)C(=O)N[C@@H](CCCCC(N)=O)C(=O)Cc1ccc(C(=O)Cc2ccc3[nH]c(C(=O)N4C[C@@H](CBr)c5c4cc(OC(=O)N4CCN(C)CC4)c4ccccc54)cc3c2)cc1. The molecule has 3 aliphatic rings. The third-order valence-electron chi connectivity index (χ3n) is 15.2. The topological polar surface area (TPSA) is 242 Å². The van der Waals surface area contributed by atoms with E-state index in [9.17, 15) is 43.2 Å². The van der Waals surface area contributed by atoms with Gasteiger partial charge in [0.05, 0.1) is 11.7 Å². The Morgan fingerprint density at radius 3 is 2.20 bits per heavy atom. The number of benzene rings is 4. The molecule has 5 N–H and O–H groups in total. The number of rotatable bonds is 25. The number of hydrogen-bond donors (Lipinski definition) is 4. The largest absolute Gasteiger partial charge is 0.415 e. The van der Waals surface area contributed by atoms with E-state index < -0.39 is 35.8 Å². The smallest absolute Gasteiger partial charge is 0.409 e. The lowest BCUT2D eigenvalue weighted by molar-refractivity contribution is -0.137. The molecule has 79 heavy (non-hydrogen) atoms. The Kier molecular flexibility index (Phi) is 19.3. The van der Waals surface area contributed by atoms with E-state index in [-0.39, 0.29) is 73.4 Å². The molecule has 1 fully saturated rings. The number of amides is 7. The lowest BCUT2D eigenvalue weighted by Crippen LogP contribution is -2.48. The summed E-state index contributed by atoms with van der Waals surface area (Å²) in [5, 5.41) is 8.93. The molecule has 416 valence electrons. The average Bonchev–Trinajstić information content (AvgIpc) is 4.36. The van der Waals surface area contributed by atoms with Crippen molar-refractivity contribution in [2.24, 2.45) is 17.6 Å². The number of carbonyl (C=O) groups is 9. The zero-order valence-electron chi connectivity index (χ0n) is 45.0. The molecule has 0 aliphatic carbocycles. The van der Waals surface area contributed by atoms with Crippen molar-refractivity contribution in [3.63, 3.8) is 0 Å². The number of fused-ring (bicyclic) bond motifs is 4. The van der Waals surface area contributed by atoms with Gasteiger partial charge in [-0.05, 0) is 85.3 Å². The van der Waals surface area contributed by atoms with Gasteiger partial charge in [-0.3, -0.25) is 43.3 Å². The monoisotopic (exact) mass is 1140 g/mol. The number of hydrogen-bond acceptors (Lipinski definition) is 11. The van der Waals surface area contributed by atoms with Gasteiger partial charge in [-0.2, -0.15) is 0 Å². The van der Waals surface area contributed by atoms with E-state index in [1.807, 2.05) is 69.4 Å². The van der Waals surface area contributed by atoms with Gasteiger partial charge in [0.1, 0.15) is 11.4 Å². The Hall–Kier alpha value is -7.51. The molecule has 0 spiro atoms. The molecule has 7 amide bonds. The minimum atomic E-state index is -0.833. The summed E-state index contributed by atoms with van der Waals surface area (Å²) in [6.45, 7) is 7.37. The number of unbranched alkanes of at least 4 members (excludes halogenated alkanes) is 1. The van der Waals surface area contributed by atoms with Gasteiger partial charge in [0.15, 0.2) is 11.6 Å². The van der Waals surface area contributed by atoms with Crippen LogP contribution in [0.2, 0.25) is 0 Å². The van der Waals surface area contributed by atoms with Gasteiger partial charge in [-0.25, -0.2) is 4.79 Å². The molecule has 18 nitrogen and oxygen atoms in total. The van der Waals surface area contributed by atoms with E-state index in [2.05, 4.69) is 36.4 Å². The van der Waals surface area contributed by atoms with Crippen LogP contribution in [0.25, 0.3) is 21.7 Å². The fourth-order valence-electron chi connectivity index (χ4n) is 10.6. The number of imide groups is 1. The first-order valence-corrected chi connectivity index (χ1v) is 28.3. The predicted octanol–water partition coefficient (Wildman–Crippen LogP) is 7.15. The minimum Gasteiger partial charge on any atom is -0.409 e. The number of alkyl halides is 1. The summed E-state index contributed by atoms with van der Waals surface area (Å²) in [4.78, 5) is 127. The first-order valence-electron chi connectivity index (χ1n) is 27.2. The maximum Gasteiger partial charge on any atom is 0.415 e. The van der Waals surface area contributed by atoms with Crippen LogP contribution in [-0.4, -0.2) is 137 Å². The van der Waals surface area contributed by atoms with E-state index in [0.717, 1.165) is 50.8 Å². The number of anilines is 1. The molecule has 4 heterocycles. The number of H-pyrrole nitrogens is 1. The number of Topliss-reactive ketones (excluding diaryl/α,β-unsaturated/α-hetero) is 2. The van der Waals surface area contributed by atoms with Crippen LogP contribution >= 0.6 is 15.9 Å². The maximum absolute atomic E-state index is 14.5. The van der Waals surface area contributed by atoms with Crippen LogP contribution in [0, 0.1) is 11.8 Å². The van der Waals surface area contributed by atoms with E-state index in [1.165, 1.54) is 12.2 Å². The molecule has 5 aromatic rings. The lowest BCUT2D eigenvalue weighted by Gasteiger charge is -2.31. The number of aromatic amines is 1. The first kappa shape index (κ1) is 57.7. The molecule has 19 heteroatoms. The van der Waals surface area contributed by atoms with Crippen molar-refractivity contribution < 1.29 is 47.9 Å². The number of likely N-dealkylation sites (N-methyl/N-ethyl adjacent to an activating group) is 1. The lowest BCUT2D eigenvalue weighted by atomic mass is 9.89. The Labute approximate surface area is 467 Å². The Morgan fingerprint density at radius 2 is 1.51 bits per heavy atom. The van der Waals surface area contributed by atoms with Gasteiger partial charge in [-0.1, -0.05) is 90.8 Å². The number of carbonyl (C=O) groups excluding carboxylic acids is 9. The second-order valence-electron chi connectivity index (χ2n) is 21.2.